The summed E-state index contributed by atoms with van der Waals surface area (Å²) in [5.41, 5.74) is -0.263. The van der Waals surface area contributed by atoms with Crippen LogP contribution in [0.2, 0.25) is 5.02 Å². The van der Waals surface area contributed by atoms with Crippen molar-refractivity contribution in [3.8, 4) is 0 Å². The second-order valence-electron chi connectivity index (χ2n) is 4.18. The van der Waals surface area contributed by atoms with E-state index in [0.29, 0.717) is 13.1 Å². The van der Waals surface area contributed by atoms with Crippen molar-refractivity contribution in [2.45, 2.75) is 0 Å². The average molecular weight is 271 g/mol. The van der Waals surface area contributed by atoms with Crippen LogP contribution in [0.25, 0.3) is 0 Å². The number of aliphatic hydroxyl groups excluding tert-OH is 1. The molecule has 0 saturated carbocycles. The number of likely N-dealkylation sites (tertiary alicyclic amines) is 1. The highest BCUT2D eigenvalue weighted by atomic mass is 35.5. The van der Waals surface area contributed by atoms with Gasteiger partial charge in [0.2, 0.25) is 0 Å². The van der Waals surface area contributed by atoms with Crippen molar-refractivity contribution in [1.82, 2.24) is 4.90 Å². The molecule has 1 aromatic rings. The largest absolute Gasteiger partial charge is 0.396 e. The number of carbonyl (C=O) groups excluding carboxylic acids is 1. The lowest BCUT2D eigenvalue weighted by Crippen LogP contribution is -2.51. The van der Waals surface area contributed by atoms with Crippen LogP contribution in [-0.4, -0.2) is 40.5 Å². The Morgan fingerprint density at radius 1 is 1.56 bits per heavy atom. The van der Waals surface area contributed by atoms with Crippen molar-refractivity contribution in [2.75, 3.05) is 19.7 Å². The Bertz CT molecular complexity index is 500. The third-order valence-corrected chi connectivity index (χ3v) is 3.12. The summed E-state index contributed by atoms with van der Waals surface area (Å²) in [6.45, 7) is 0.847. The highest BCUT2D eigenvalue weighted by Gasteiger charge is 2.33. The van der Waals surface area contributed by atoms with Gasteiger partial charge in [-0.15, -0.1) is 0 Å². The topological polar surface area (TPSA) is 83.7 Å². The fourth-order valence-electron chi connectivity index (χ4n) is 1.86. The van der Waals surface area contributed by atoms with Gasteiger partial charge in [-0.3, -0.25) is 14.9 Å². The first-order valence-corrected chi connectivity index (χ1v) is 5.74. The number of hydrogen-bond donors (Lipinski definition) is 1. The highest BCUT2D eigenvalue weighted by molar-refractivity contribution is 6.31. The molecule has 1 heterocycles. The second-order valence-corrected chi connectivity index (χ2v) is 4.61. The van der Waals surface area contributed by atoms with E-state index in [1.54, 1.807) is 0 Å². The second kappa shape index (κ2) is 4.91. The standard InChI is InChI=1S/C11H11ClN2O4/c12-8-1-2-10(14(17)18)9(3-8)11(16)13-4-7(5-13)6-15/h1-3,7,15H,4-6H2. The summed E-state index contributed by atoms with van der Waals surface area (Å²) in [6.07, 6.45) is 0. The molecule has 1 amide bonds. The fraction of sp³-hybridized carbons (Fsp3) is 0.364. The van der Waals surface area contributed by atoms with Gasteiger partial charge >= 0.3 is 0 Å². The molecule has 1 N–H and O–H groups in total. The number of nitrogens with zero attached hydrogens (tertiary/aromatic N) is 2. The molecule has 96 valence electrons. The number of nitro groups is 1. The molecule has 0 aliphatic carbocycles. The van der Waals surface area contributed by atoms with E-state index in [4.69, 9.17) is 16.7 Å². The highest BCUT2D eigenvalue weighted by Crippen LogP contribution is 2.26. The minimum absolute atomic E-state index is 0.0103. The molecule has 0 unspecified atom stereocenters. The lowest BCUT2D eigenvalue weighted by molar-refractivity contribution is -0.385. The van der Waals surface area contributed by atoms with Crippen molar-refractivity contribution >= 4 is 23.2 Å². The van der Waals surface area contributed by atoms with Gasteiger partial charge in [0.25, 0.3) is 11.6 Å². The van der Waals surface area contributed by atoms with E-state index >= 15 is 0 Å². The molecular formula is C11H11ClN2O4. The predicted octanol–water partition coefficient (Wildman–Crippen LogP) is 1.31. The number of benzene rings is 1. The van der Waals surface area contributed by atoms with Crippen molar-refractivity contribution < 1.29 is 14.8 Å². The molecule has 1 aliphatic rings. The van der Waals surface area contributed by atoms with Crippen LogP contribution in [0.5, 0.6) is 0 Å². The smallest absolute Gasteiger partial charge is 0.282 e. The SMILES string of the molecule is O=C(c1cc(Cl)ccc1[N+](=O)[O-])N1CC(CO)C1. The molecule has 0 atom stereocenters. The van der Waals surface area contributed by atoms with Gasteiger partial charge in [-0.2, -0.15) is 0 Å². The van der Waals surface area contributed by atoms with Gasteiger partial charge in [-0.1, -0.05) is 11.6 Å². The van der Waals surface area contributed by atoms with Gasteiger partial charge in [0.1, 0.15) is 5.56 Å². The summed E-state index contributed by atoms with van der Waals surface area (Å²) in [4.78, 5) is 23.7. The number of halogens is 1. The summed E-state index contributed by atoms with van der Waals surface area (Å²) in [7, 11) is 0. The zero-order chi connectivity index (χ0) is 13.3. The molecule has 1 fully saturated rings. The normalized spacial score (nSPS) is 15.3. The molecule has 1 aliphatic heterocycles. The molecule has 0 radical (unpaired) electrons. The van der Waals surface area contributed by atoms with E-state index < -0.39 is 10.8 Å². The van der Waals surface area contributed by atoms with Crippen LogP contribution < -0.4 is 0 Å². The first-order valence-electron chi connectivity index (χ1n) is 5.37. The van der Waals surface area contributed by atoms with Crippen LogP contribution >= 0.6 is 11.6 Å². The van der Waals surface area contributed by atoms with Crippen LogP contribution in [0.4, 0.5) is 5.69 Å². The third-order valence-electron chi connectivity index (χ3n) is 2.89. The Morgan fingerprint density at radius 2 is 2.22 bits per heavy atom. The van der Waals surface area contributed by atoms with Crippen molar-refractivity contribution in [3.63, 3.8) is 0 Å². The molecule has 6 nitrogen and oxygen atoms in total. The van der Waals surface area contributed by atoms with E-state index in [9.17, 15) is 14.9 Å². The van der Waals surface area contributed by atoms with E-state index in [1.807, 2.05) is 0 Å². The third kappa shape index (κ3) is 2.30. The molecule has 0 aromatic heterocycles. The van der Waals surface area contributed by atoms with E-state index in [0.717, 1.165) is 0 Å². The van der Waals surface area contributed by atoms with Crippen LogP contribution in [0.3, 0.4) is 0 Å². The van der Waals surface area contributed by atoms with E-state index in [2.05, 4.69) is 0 Å². The fourth-order valence-corrected chi connectivity index (χ4v) is 2.03. The molecular weight excluding hydrogens is 260 g/mol. The molecule has 18 heavy (non-hydrogen) atoms. The van der Waals surface area contributed by atoms with Crippen molar-refractivity contribution in [1.29, 1.82) is 0 Å². The lowest BCUT2D eigenvalue weighted by Gasteiger charge is -2.38. The first-order chi connectivity index (χ1) is 8.52. The number of amides is 1. The van der Waals surface area contributed by atoms with Crippen LogP contribution in [0, 0.1) is 16.0 Å². The molecule has 7 heteroatoms. The molecule has 2 rings (SSSR count). The Balaban J connectivity index is 2.24. The first kappa shape index (κ1) is 12.8. The number of rotatable bonds is 3. The Labute approximate surface area is 108 Å². The predicted molar refractivity (Wildman–Crippen MR) is 64.6 cm³/mol. The minimum atomic E-state index is -0.604. The Kier molecular flexibility index (Phi) is 3.49. The zero-order valence-electron chi connectivity index (χ0n) is 9.38. The molecule has 1 aromatic carbocycles. The average Bonchev–Trinajstić information content (AvgIpc) is 2.26. The quantitative estimate of drug-likeness (QED) is 0.663. The monoisotopic (exact) mass is 270 g/mol. The van der Waals surface area contributed by atoms with Crippen molar-refractivity contribution in [2.24, 2.45) is 5.92 Å². The van der Waals surface area contributed by atoms with E-state index in [-0.39, 0.29) is 28.8 Å². The van der Waals surface area contributed by atoms with Crippen LogP contribution in [0.1, 0.15) is 10.4 Å². The van der Waals surface area contributed by atoms with Gasteiger partial charge < -0.3 is 10.0 Å². The van der Waals surface area contributed by atoms with Gasteiger partial charge in [-0.25, -0.2) is 0 Å². The van der Waals surface area contributed by atoms with Gasteiger partial charge in [0.05, 0.1) is 4.92 Å². The minimum Gasteiger partial charge on any atom is -0.396 e. The summed E-state index contributed by atoms with van der Waals surface area (Å²) in [5, 5.41) is 20.0. The maximum atomic E-state index is 12.0. The molecule has 1 saturated heterocycles. The number of hydrogen-bond acceptors (Lipinski definition) is 4. The maximum absolute atomic E-state index is 12.0. The van der Waals surface area contributed by atoms with Gasteiger partial charge in [0, 0.05) is 36.7 Å². The number of nitro benzene ring substituents is 1. The van der Waals surface area contributed by atoms with Crippen molar-refractivity contribution in [3.05, 3.63) is 38.9 Å². The molecule has 0 bridgehead atoms. The van der Waals surface area contributed by atoms with Gasteiger partial charge in [0.15, 0.2) is 0 Å². The van der Waals surface area contributed by atoms with E-state index in [1.165, 1.54) is 23.1 Å². The van der Waals surface area contributed by atoms with Crippen LogP contribution in [0.15, 0.2) is 18.2 Å². The number of aliphatic hydroxyl groups is 1. The van der Waals surface area contributed by atoms with Gasteiger partial charge in [-0.05, 0) is 12.1 Å². The summed E-state index contributed by atoms with van der Waals surface area (Å²) in [5.74, 6) is -0.360. The lowest BCUT2D eigenvalue weighted by atomic mass is 9.99. The molecule has 0 spiro atoms. The summed E-state index contributed by atoms with van der Waals surface area (Å²) >= 11 is 5.75. The Morgan fingerprint density at radius 3 is 2.78 bits per heavy atom. The summed E-state index contributed by atoms with van der Waals surface area (Å²) < 4.78 is 0. The zero-order valence-corrected chi connectivity index (χ0v) is 10.1. The summed E-state index contributed by atoms with van der Waals surface area (Å²) in [6, 6.07) is 3.90. The maximum Gasteiger partial charge on any atom is 0.282 e. The Hall–Kier alpha value is -1.66. The number of carbonyl (C=O) groups is 1. The van der Waals surface area contributed by atoms with Crippen LogP contribution in [-0.2, 0) is 0 Å².